The van der Waals surface area contributed by atoms with Crippen LogP contribution in [-0.4, -0.2) is 24.6 Å². The van der Waals surface area contributed by atoms with Crippen LogP contribution >= 0.6 is 0 Å². The molecule has 0 aromatic carbocycles. The van der Waals surface area contributed by atoms with Gasteiger partial charge in [-0.2, -0.15) is 0 Å². The molecule has 0 bridgehead atoms. The van der Waals surface area contributed by atoms with E-state index in [-0.39, 0.29) is 0 Å². The van der Waals surface area contributed by atoms with Crippen molar-refractivity contribution in [2.75, 3.05) is 0 Å². The van der Waals surface area contributed by atoms with E-state index in [1.807, 2.05) is 17.7 Å². The number of aliphatic hydroxyl groups excluding tert-OH is 1. The van der Waals surface area contributed by atoms with E-state index >= 15 is 0 Å². The van der Waals surface area contributed by atoms with Crippen molar-refractivity contribution in [2.24, 2.45) is 0 Å². The molecule has 2 aromatic rings. The van der Waals surface area contributed by atoms with Gasteiger partial charge in [-0.3, -0.25) is 0 Å². The van der Waals surface area contributed by atoms with Crippen molar-refractivity contribution >= 4 is 0 Å². The second-order valence-corrected chi connectivity index (χ2v) is 2.95. The van der Waals surface area contributed by atoms with Crippen molar-refractivity contribution in [3.63, 3.8) is 0 Å². The molecular formula is C9H12N4O. The summed E-state index contributed by atoms with van der Waals surface area (Å²) in [6, 6.07) is 0. The fourth-order valence-electron chi connectivity index (χ4n) is 1.39. The Morgan fingerprint density at radius 3 is 3.00 bits per heavy atom. The molecule has 0 fully saturated rings. The molecule has 2 aromatic heterocycles. The summed E-state index contributed by atoms with van der Waals surface area (Å²) in [4.78, 5) is 10.9. The molecule has 1 atom stereocenters. The van der Waals surface area contributed by atoms with Gasteiger partial charge in [-0.15, -0.1) is 0 Å². The zero-order chi connectivity index (χ0) is 9.97. The van der Waals surface area contributed by atoms with Crippen molar-refractivity contribution in [3.8, 4) is 0 Å². The van der Waals surface area contributed by atoms with Crippen molar-refractivity contribution in [1.82, 2.24) is 19.5 Å². The lowest BCUT2D eigenvalue weighted by atomic mass is 10.3. The van der Waals surface area contributed by atoms with E-state index in [2.05, 4.69) is 15.0 Å². The van der Waals surface area contributed by atoms with Crippen LogP contribution in [0.1, 0.15) is 24.7 Å². The van der Waals surface area contributed by atoms with Gasteiger partial charge in [0.15, 0.2) is 6.10 Å². The lowest BCUT2D eigenvalue weighted by molar-refractivity contribution is 0.196. The Kier molecular flexibility index (Phi) is 2.32. The topological polar surface area (TPSA) is 66.7 Å². The standard InChI is InChI=1S/C9H12N4O/c1-2-13-6-5-12-9(13)7(14)8-10-3-4-11-8/h3-7,14H,2H2,1H3,(H,10,11). The summed E-state index contributed by atoms with van der Waals surface area (Å²) in [5.74, 6) is 1.13. The lowest BCUT2D eigenvalue weighted by Gasteiger charge is -2.09. The van der Waals surface area contributed by atoms with Crippen molar-refractivity contribution < 1.29 is 5.11 Å². The summed E-state index contributed by atoms with van der Waals surface area (Å²) in [7, 11) is 0. The minimum absolute atomic E-state index is 0.519. The number of aliphatic hydroxyl groups is 1. The predicted molar refractivity (Wildman–Crippen MR) is 50.6 cm³/mol. The molecule has 2 heterocycles. The molecule has 2 rings (SSSR count). The van der Waals surface area contributed by atoms with Crippen LogP contribution in [0.5, 0.6) is 0 Å². The number of aryl methyl sites for hydroxylation is 1. The molecule has 74 valence electrons. The zero-order valence-corrected chi connectivity index (χ0v) is 7.88. The van der Waals surface area contributed by atoms with E-state index in [0.29, 0.717) is 11.6 Å². The van der Waals surface area contributed by atoms with E-state index in [1.54, 1.807) is 18.6 Å². The minimum atomic E-state index is -0.778. The van der Waals surface area contributed by atoms with Crippen LogP contribution in [0, 0.1) is 0 Å². The molecule has 14 heavy (non-hydrogen) atoms. The van der Waals surface area contributed by atoms with Crippen LogP contribution in [-0.2, 0) is 6.54 Å². The Hall–Kier alpha value is -1.62. The van der Waals surface area contributed by atoms with Gasteiger partial charge in [0, 0.05) is 31.3 Å². The van der Waals surface area contributed by atoms with Gasteiger partial charge in [0.25, 0.3) is 0 Å². The number of aromatic nitrogens is 4. The maximum atomic E-state index is 9.90. The maximum absolute atomic E-state index is 9.90. The van der Waals surface area contributed by atoms with Gasteiger partial charge in [-0.1, -0.05) is 0 Å². The molecule has 0 aliphatic heterocycles. The number of imidazole rings is 2. The second kappa shape index (κ2) is 3.63. The first-order chi connectivity index (χ1) is 6.83. The van der Waals surface area contributed by atoms with Crippen LogP contribution in [0.3, 0.4) is 0 Å². The van der Waals surface area contributed by atoms with Crippen molar-refractivity contribution in [3.05, 3.63) is 36.4 Å². The van der Waals surface area contributed by atoms with E-state index in [1.165, 1.54) is 0 Å². The normalized spacial score (nSPS) is 13.0. The van der Waals surface area contributed by atoms with Gasteiger partial charge >= 0.3 is 0 Å². The number of rotatable bonds is 3. The number of H-pyrrole nitrogens is 1. The smallest absolute Gasteiger partial charge is 0.169 e. The third-order valence-electron chi connectivity index (χ3n) is 2.11. The summed E-state index contributed by atoms with van der Waals surface area (Å²) < 4.78 is 1.88. The van der Waals surface area contributed by atoms with Gasteiger partial charge in [0.2, 0.25) is 0 Å². The third kappa shape index (κ3) is 1.42. The monoisotopic (exact) mass is 192 g/mol. The molecule has 0 aliphatic rings. The fourth-order valence-corrected chi connectivity index (χ4v) is 1.39. The highest BCUT2D eigenvalue weighted by atomic mass is 16.3. The Labute approximate surface area is 81.4 Å². The maximum Gasteiger partial charge on any atom is 0.169 e. The Bertz CT molecular complexity index is 393. The fraction of sp³-hybridized carbons (Fsp3) is 0.333. The first-order valence-electron chi connectivity index (χ1n) is 4.51. The molecule has 0 aliphatic carbocycles. The van der Waals surface area contributed by atoms with Gasteiger partial charge in [-0.05, 0) is 6.92 Å². The average molecular weight is 192 g/mol. The van der Waals surface area contributed by atoms with Crippen LogP contribution in [0.25, 0.3) is 0 Å². The van der Waals surface area contributed by atoms with Gasteiger partial charge < -0.3 is 14.7 Å². The van der Waals surface area contributed by atoms with Gasteiger partial charge in [0.05, 0.1) is 0 Å². The molecule has 0 spiro atoms. The van der Waals surface area contributed by atoms with E-state index in [9.17, 15) is 5.11 Å². The summed E-state index contributed by atoms with van der Waals surface area (Å²) in [6.45, 7) is 2.78. The Morgan fingerprint density at radius 2 is 2.36 bits per heavy atom. The molecule has 0 amide bonds. The number of hydrogen-bond acceptors (Lipinski definition) is 3. The highest BCUT2D eigenvalue weighted by molar-refractivity contribution is 5.08. The predicted octanol–water partition coefficient (Wildman–Crippen LogP) is 0.708. The molecule has 1 unspecified atom stereocenters. The van der Waals surface area contributed by atoms with E-state index < -0.39 is 6.10 Å². The van der Waals surface area contributed by atoms with Gasteiger partial charge in [-0.25, -0.2) is 9.97 Å². The largest absolute Gasteiger partial charge is 0.377 e. The summed E-state index contributed by atoms with van der Waals surface area (Å²) >= 11 is 0. The quantitative estimate of drug-likeness (QED) is 0.752. The van der Waals surface area contributed by atoms with Crippen LogP contribution in [0.2, 0.25) is 0 Å². The van der Waals surface area contributed by atoms with Gasteiger partial charge in [0.1, 0.15) is 11.6 Å². The van der Waals surface area contributed by atoms with E-state index in [0.717, 1.165) is 6.54 Å². The summed E-state index contributed by atoms with van der Waals surface area (Å²) in [6.07, 6.45) is 6.02. The van der Waals surface area contributed by atoms with Crippen LogP contribution < -0.4 is 0 Å². The SMILES string of the molecule is CCn1ccnc1C(O)c1ncc[nH]1. The minimum Gasteiger partial charge on any atom is -0.377 e. The number of nitrogens with zero attached hydrogens (tertiary/aromatic N) is 3. The average Bonchev–Trinajstić information content (AvgIpc) is 2.87. The number of hydrogen-bond donors (Lipinski definition) is 2. The molecule has 5 nitrogen and oxygen atoms in total. The Balaban J connectivity index is 2.31. The van der Waals surface area contributed by atoms with Crippen LogP contribution in [0.15, 0.2) is 24.8 Å². The molecule has 5 heteroatoms. The Morgan fingerprint density at radius 1 is 1.50 bits per heavy atom. The van der Waals surface area contributed by atoms with Crippen molar-refractivity contribution in [2.45, 2.75) is 19.6 Å². The molecule has 2 N–H and O–H groups in total. The first-order valence-corrected chi connectivity index (χ1v) is 4.51. The molecule has 0 saturated carbocycles. The van der Waals surface area contributed by atoms with Crippen molar-refractivity contribution in [1.29, 1.82) is 0 Å². The number of nitrogens with one attached hydrogen (secondary N) is 1. The third-order valence-corrected chi connectivity index (χ3v) is 2.11. The first kappa shape index (κ1) is 8.96. The zero-order valence-electron chi connectivity index (χ0n) is 7.88. The molecule has 0 radical (unpaired) electrons. The summed E-state index contributed by atoms with van der Waals surface area (Å²) in [5.41, 5.74) is 0. The van der Waals surface area contributed by atoms with Crippen LogP contribution in [0.4, 0.5) is 0 Å². The summed E-state index contributed by atoms with van der Waals surface area (Å²) in [5, 5.41) is 9.90. The van der Waals surface area contributed by atoms with E-state index in [4.69, 9.17) is 0 Å². The molecular weight excluding hydrogens is 180 g/mol. The molecule has 0 saturated heterocycles. The highest BCUT2D eigenvalue weighted by Gasteiger charge is 2.17. The highest BCUT2D eigenvalue weighted by Crippen LogP contribution is 2.16. The lowest BCUT2D eigenvalue weighted by Crippen LogP contribution is -2.10. The number of aromatic amines is 1. The second-order valence-electron chi connectivity index (χ2n) is 2.95.